The SMILES string of the molecule is COc1c(C(F)F)cnc(CCl)c1[N+](=O)[O-]. The molecule has 0 aliphatic rings. The third-order valence-electron chi connectivity index (χ3n) is 1.86. The van der Waals surface area contributed by atoms with Gasteiger partial charge in [-0.25, -0.2) is 8.78 Å². The van der Waals surface area contributed by atoms with Gasteiger partial charge >= 0.3 is 5.69 Å². The minimum Gasteiger partial charge on any atom is -0.490 e. The number of hydrogen-bond acceptors (Lipinski definition) is 4. The number of halogens is 3. The van der Waals surface area contributed by atoms with Crippen molar-refractivity contribution in [3.63, 3.8) is 0 Å². The van der Waals surface area contributed by atoms with Crippen LogP contribution in [0.25, 0.3) is 0 Å². The first-order chi connectivity index (χ1) is 7.52. The molecule has 0 N–H and O–H groups in total. The van der Waals surface area contributed by atoms with Crippen LogP contribution in [0.3, 0.4) is 0 Å². The molecular weight excluding hydrogens is 246 g/mol. The van der Waals surface area contributed by atoms with Gasteiger partial charge in [-0.1, -0.05) is 0 Å². The predicted molar refractivity (Wildman–Crippen MR) is 52.0 cm³/mol. The zero-order chi connectivity index (χ0) is 12.3. The van der Waals surface area contributed by atoms with E-state index < -0.39 is 28.3 Å². The van der Waals surface area contributed by atoms with E-state index in [0.29, 0.717) is 0 Å². The van der Waals surface area contributed by atoms with Crippen molar-refractivity contribution in [1.29, 1.82) is 0 Å². The lowest BCUT2D eigenvalue weighted by molar-refractivity contribution is -0.386. The van der Waals surface area contributed by atoms with Crippen LogP contribution in [0.5, 0.6) is 5.75 Å². The average molecular weight is 253 g/mol. The summed E-state index contributed by atoms with van der Waals surface area (Å²) in [5, 5.41) is 10.7. The van der Waals surface area contributed by atoms with Gasteiger partial charge in [0.1, 0.15) is 5.69 Å². The van der Waals surface area contributed by atoms with E-state index in [1.165, 1.54) is 0 Å². The molecule has 0 saturated heterocycles. The summed E-state index contributed by atoms with van der Waals surface area (Å²) in [5.74, 6) is -0.749. The monoisotopic (exact) mass is 252 g/mol. The Labute approximate surface area is 94.1 Å². The molecule has 5 nitrogen and oxygen atoms in total. The van der Waals surface area contributed by atoms with E-state index in [4.69, 9.17) is 11.6 Å². The van der Waals surface area contributed by atoms with Gasteiger partial charge in [-0.3, -0.25) is 15.1 Å². The Morgan fingerprint density at radius 1 is 1.69 bits per heavy atom. The fraction of sp³-hybridized carbons (Fsp3) is 0.375. The van der Waals surface area contributed by atoms with Crippen molar-refractivity contribution in [2.24, 2.45) is 0 Å². The molecule has 1 heterocycles. The molecule has 0 aliphatic heterocycles. The molecule has 1 aromatic heterocycles. The second kappa shape index (κ2) is 5.02. The van der Waals surface area contributed by atoms with Gasteiger partial charge in [-0.15, -0.1) is 11.6 Å². The fourth-order valence-corrected chi connectivity index (χ4v) is 1.39. The largest absolute Gasteiger partial charge is 0.490 e. The number of aromatic nitrogens is 1. The van der Waals surface area contributed by atoms with E-state index in [1.807, 2.05) is 0 Å². The summed E-state index contributed by atoms with van der Waals surface area (Å²) in [6, 6.07) is 0. The smallest absolute Gasteiger partial charge is 0.333 e. The van der Waals surface area contributed by atoms with Gasteiger partial charge < -0.3 is 4.74 Å². The highest BCUT2D eigenvalue weighted by Gasteiger charge is 2.28. The number of rotatable bonds is 4. The lowest BCUT2D eigenvalue weighted by Crippen LogP contribution is -2.04. The van der Waals surface area contributed by atoms with Crippen LogP contribution < -0.4 is 4.74 Å². The van der Waals surface area contributed by atoms with E-state index in [2.05, 4.69) is 9.72 Å². The lowest BCUT2D eigenvalue weighted by Gasteiger charge is -2.09. The maximum Gasteiger partial charge on any atom is 0.333 e. The summed E-state index contributed by atoms with van der Waals surface area (Å²) >= 11 is 5.43. The van der Waals surface area contributed by atoms with Crippen molar-refractivity contribution in [3.05, 3.63) is 27.6 Å². The number of methoxy groups -OCH3 is 1. The average Bonchev–Trinajstić information content (AvgIpc) is 2.26. The van der Waals surface area contributed by atoms with Gasteiger partial charge in [-0.05, 0) is 0 Å². The highest BCUT2D eigenvalue weighted by Crippen LogP contribution is 2.38. The molecule has 8 heteroatoms. The molecule has 0 aromatic carbocycles. The third kappa shape index (κ3) is 2.19. The van der Waals surface area contributed by atoms with Gasteiger partial charge in [-0.2, -0.15) is 0 Å². The van der Waals surface area contributed by atoms with Gasteiger partial charge in [0.25, 0.3) is 6.43 Å². The van der Waals surface area contributed by atoms with Crippen LogP contribution in [0, 0.1) is 10.1 Å². The Kier molecular flexibility index (Phi) is 3.94. The Bertz CT molecular complexity index is 415. The lowest BCUT2D eigenvalue weighted by atomic mass is 10.2. The standard InChI is InChI=1S/C8H7ClF2N2O3/c1-16-7-4(8(10)11)3-12-5(2-9)6(7)13(14)15/h3,8H,2H2,1H3. The van der Waals surface area contributed by atoms with Crippen molar-refractivity contribution < 1.29 is 18.4 Å². The molecule has 0 atom stereocenters. The zero-order valence-corrected chi connectivity index (χ0v) is 8.87. The highest BCUT2D eigenvalue weighted by atomic mass is 35.5. The molecule has 1 aromatic rings. The molecule has 16 heavy (non-hydrogen) atoms. The van der Waals surface area contributed by atoms with Crippen LogP contribution in [0.2, 0.25) is 0 Å². The maximum atomic E-state index is 12.5. The molecule has 0 unspecified atom stereocenters. The number of nitro groups is 1. The Morgan fingerprint density at radius 2 is 2.31 bits per heavy atom. The van der Waals surface area contributed by atoms with E-state index in [1.54, 1.807) is 0 Å². The van der Waals surface area contributed by atoms with Crippen LogP contribution in [-0.4, -0.2) is 17.0 Å². The van der Waals surface area contributed by atoms with Crippen molar-refractivity contribution >= 4 is 17.3 Å². The zero-order valence-electron chi connectivity index (χ0n) is 8.11. The van der Waals surface area contributed by atoms with Gasteiger partial charge in [0.15, 0.2) is 0 Å². The van der Waals surface area contributed by atoms with Crippen LogP contribution in [0.4, 0.5) is 14.5 Å². The summed E-state index contributed by atoms with van der Waals surface area (Å²) < 4.78 is 29.7. The Morgan fingerprint density at radius 3 is 2.69 bits per heavy atom. The van der Waals surface area contributed by atoms with Crippen molar-refractivity contribution in [2.45, 2.75) is 12.3 Å². The highest BCUT2D eigenvalue weighted by molar-refractivity contribution is 6.17. The molecule has 0 bridgehead atoms. The molecule has 0 saturated carbocycles. The number of alkyl halides is 3. The Hall–Kier alpha value is -1.50. The third-order valence-corrected chi connectivity index (χ3v) is 2.11. The van der Waals surface area contributed by atoms with Crippen molar-refractivity contribution in [2.75, 3.05) is 7.11 Å². The van der Waals surface area contributed by atoms with Crippen molar-refractivity contribution in [1.82, 2.24) is 4.98 Å². The van der Waals surface area contributed by atoms with Crippen LogP contribution >= 0.6 is 11.6 Å². The van der Waals surface area contributed by atoms with Gasteiger partial charge in [0.2, 0.25) is 5.75 Å². The summed E-state index contributed by atoms with van der Waals surface area (Å²) in [5.41, 5.74) is -1.34. The minimum absolute atomic E-state index is 0.104. The van der Waals surface area contributed by atoms with E-state index >= 15 is 0 Å². The van der Waals surface area contributed by atoms with Crippen LogP contribution in [0.1, 0.15) is 17.7 Å². The number of pyridine rings is 1. The number of ether oxygens (including phenoxy) is 1. The molecular formula is C8H7ClF2N2O3. The normalized spacial score (nSPS) is 10.6. The van der Waals surface area contributed by atoms with Crippen molar-refractivity contribution in [3.8, 4) is 5.75 Å². The number of nitrogens with zero attached hydrogens (tertiary/aromatic N) is 2. The fourth-order valence-electron chi connectivity index (χ4n) is 1.19. The first kappa shape index (κ1) is 12.6. The molecule has 0 aliphatic carbocycles. The summed E-state index contributed by atoms with van der Waals surface area (Å²) in [7, 11) is 1.08. The van der Waals surface area contributed by atoms with E-state index in [0.717, 1.165) is 13.3 Å². The van der Waals surface area contributed by atoms with Gasteiger partial charge in [0, 0.05) is 6.20 Å². The summed E-state index contributed by atoms with van der Waals surface area (Å²) in [4.78, 5) is 13.4. The molecule has 1 rings (SSSR count). The minimum atomic E-state index is -2.90. The topological polar surface area (TPSA) is 65.3 Å². The van der Waals surface area contributed by atoms with Crippen LogP contribution in [-0.2, 0) is 5.88 Å². The quantitative estimate of drug-likeness (QED) is 0.469. The Balaban J connectivity index is 3.49. The second-order valence-electron chi connectivity index (χ2n) is 2.73. The first-order valence-electron chi connectivity index (χ1n) is 4.07. The second-order valence-corrected chi connectivity index (χ2v) is 3.00. The number of hydrogen-bond donors (Lipinski definition) is 0. The summed E-state index contributed by atoms with van der Waals surface area (Å²) in [6.45, 7) is 0. The maximum absolute atomic E-state index is 12.5. The predicted octanol–water partition coefficient (Wildman–Crippen LogP) is 2.67. The molecule has 88 valence electrons. The molecule has 0 radical (unpaired) electrons. The first-order valence-corrected chi connectivity index (χ1v) is 4.60. The van der Waals surface area contributed by atoms with Crippen LogP contribution in [0.15, 0.2) is 6.20 Å². The summed E-state index contributed by atoms with van der Waals surface area (Å²) in [6.07, 6.45) is -2.07. The molecule has 0 spiro atoms. The van der Waals surface area contributed by atoms with E-state index in [9.17, 15) is 18.9 Å². The van der Waals surface area contributed by atoms with E-state index in [-0.39, 0.29) is 11.6 Å². The molecule has 0 fully saturated rings. The van der Waals surface area contributed by atoms with Gasteiger partial charge in [0.05, 0.1) is 23.5 Å². The molecule has 0 amide bonds.